The van der Waals surface area contributed by atoms with Crippen molar-refractivity contribution in [3.05, 3.63) is 42.2 Å². The van der Waals surface area contributed by atoms with E-state index in [2.05, 4.69) is 0 Å². The van der Waals surface area contributed by atoms with E-state index in [1.165, 1.54) is 0 Å². The Morgan fingerprint density at radius 3 is 3.15 bits per heavy atom. The number of hydrogen-bond donors (Lipinski definition) is 0. The fourth-order valence-electron chi connectivity index (χ4n) is 2.53. The second-order valence-electron chi connectivity index (χ2n) is 5.01. The zero-order valence-electron chi connectivity index (χ0n) is 11.2. The summed E-state index contributed by atoms with van der Waals surface area (Å²) in [6.45, 7) is 0.890. The number of alkyl halides is 1. The van der Waals surface area contributed by atoms with E-state index in [1.807, 2.05) is 41.1 Å². The first-order valence-corrected chi connectivity index (χ1v) is 6.81. The van der Waals surface area contributed by atoms with Crippen molar-refractivity contribution >= 4 is 11.4 Å². The predicted octanol–water partition coefficient (Wildman–Crippen LogP) is 2.14. The second kappa shape index (κ2) is 5.63. The third-order valence-electron chi connectivity index (χ3n) is 3.56. The van der Waals surface area contributed by atoms with Gasteiger partial charge in [-0.3, -0.25) is 4.79 Å². The van der Waals surface area contributed by atoms with Gasteiger partial charge in [-0.05, 0) is 24.6 Å². The van der Waals surface area contributed by atoms with E-state index in [1.54, 1.807) is 4.90 Å². The summed E-state index contributed by atoms with van der Waals surface area (Å²) in [5.41, 5.74) is 1.61. The van der Waals surface area contributed by atoms with Crippen LogP contribution in [-0.4, -0.2) is 47.7 Å². The van der Waals surface area contributed by atoms with E-state index in [0.29, 0.717) is 25.3 Å². The molecule has 3 rings (SSSR count). The third-order valence-corrected chi connectivity index (χ3v) is 3.56. The van der Waals surface area contributed by atoms with Crippen molar-refractivity contribution < 1.29 is 13.9 Å². The molecular weight excluding hydrogens is 259 g/mol. The molecule has 0 N–H and O–H groups in total. The molecule has 0 spiro atoms. The van der Waals surface area contributed by atoms with Crippen LogP contribution in [0.2, 0.25) is 0 Å². The number of carbonyl (C=O) groups excluding carboxylic acids is 1. The summed E-state index contributed by atoms with van der Waals surface area (Å²) >= 11 is 0. The molecule has 1 atom stereocenters. The molecule has 0 radical (unpaired) electrons. The van der Waals surface area contributed by atoms with E-state index in [9.17, 15) is 9.18 Å². The van der Waals surface area contributed by atoms with Gasteiger partial charge >= 0.3 is 0 Å². The smallest absolute Gasteiger partial charge is 0.255 e. The Morgan fingerprint density at radius 1 is 1.45 bits per heavy atom. The SMILES string of the molecule is O=C(c1cc2ccccn2c1)N1CCCOC(CF)C1. The van der Waals surface area contributed by atoms with Crippen molar-refractivity contribution in [1.82, 2.24) is 9.30 Å². The number of fused-ring (bicyclic) bond motifs is 1. The molecule has 0 bridgehead atoms. The summed E-state index contributed by atoms with van der Waals surface area (Å²) < 4.78 is 20.1. The fraction of sp³-hybridized carbons (Fsp3) is 0.400. The van der Waals surface area contributed by atoms with Gasteiger partial charge in [0, 0.05) is 37.6 Å². The maximum atomic E-state index is 12.8. The van der Waals surface area contributed by atoms with Crippen molar-refractivity contribution in [2.24, 2.45) is 0 Å². The first kappa shape index (κ1) is 13.1. The van der Waals surface area contributed by atoms with Crippen LogP contribution >= 0.6 is 0 Å². The number of halogens is 1. The number of aromatic nitrogens is 1. The van der Waals surface area contributed by atoms with Gasteiger partial charge in [-0.2, -0.15) is 0 Å². The normalized spacial score (nSPS) is 20.1. The van der Waals surface area contributed by atoms with E-state index in [0.717, 1.165) is 11.9 Å². The molecule has 2 aromatic rings. The monoisotopic (exact) mass is 276 g/mol. The average molecular weight is 276 g/mol. The second-order valence-corrected chi connectivity index (χ2v) is 5.01. The Kier molecular flexibility index (Phi) is 3.69. The van der Waals surface area contributed by atoms with Gasteiger partial charge in [-0.25, -0.2) is 4.39 Å². The van der Waals surface area contributed by atoms with Crippen LogP contribution in [0.1, 0.15) is 16.8 Å². The highest BCUT2D eigenvalue weighted by Gasteiger charge is 2.24. The standard InChI is InChI=1S/C15H17FN2O2/c16-9-14-11-18(6-3-7-20-14)15(19)12-8-13-4-1-2-5-17(13)10-12/h1-2,4-5,8,10,14H,3,6-7,9,11H2. The topological polar surface area (TPSA) is 34.0 Å². The lowest BCUT2D eigenvalue weighted by Crippen LogP contribution is -2.37. The first-order valence-electron chi connectivity index (χ1n) is 6.81. The van der Waals surface area contributed by atoms with Gasteiger partial charge in [0.1, 0.15) is 12.8 Å². The van der Waals surface area contributed by atoms with Gasteiger partial charge in [0.15, 0.2) is 0 Å². The third kappa shape index (κ3) is 2.54. The van der Waals surface area contributed by atoms with Gasteiger partial charge in [0.25, 0.3) is 5.91 Å². The molecule has 3 heterocycles. The van der Waals surface area contributed by atoms with Gasteiger partial charge in [0.2, 0.25) is 0 Å². The summed E-state index contributed by atoms with van der Waals surface area (Å²) in [5.74, 6) is -0.0577. The zero-order chi connectivity index (χ0) is 13.9. The lowest BCUT2D eigenvalue weighted by molar-refractivity contribution is 0.0342. The number of carbonyl (C=O) groups is 1. The molecule has 106 valence electrons. The van der Waals surface area contributed by atoms with Gasteiger partial charge in [0.05, 0.1) is 5.56 Å². The highest BCUT2D eigenvalue weighted by molar-refractivity contribution is 5.95. The van der Waals surface area contributed by atoms with Crippen LogP contribution in [0.15, 0.2) is 36.7 Å². The summed E-state index contributed by atoms with van der Waals surface area (Å²) in [7, 11) is 0. The van der Waals surface area contributed by atoms with E-state index in [4.69, 9.17) is 4.74 Å². The Balaban J connectivity index is 1.83. The summed E-state index contributed by atoms with van der Waals surface area (Å²) in [6, 6.07) is 7.66. The molecule has 2 aromatic heterocycles. The molecule has 4 nitrogen and oxygen atoms in total. The number of rotatable bonds is 2. The van der Waals surface area contributed by atoms with Crippen molar-refractivity contribution in [3.8, 4) is 0 Å². The first-order chi connectivity index (χ1) is 9.78. The molecule has 0 aliphatic carbocycles. The number of amides is 1. The molecule has 20 heavy (non-hydrogen) atoms. The molecule has 1 aliphatic heterocycles. The molecule has 0 saturated carbocycles. The predicted molar refractivity (Wildman–Crippen MR) is 73.6 cm³/mol. The lowest BCUT2D eigenvalue weighted by Gasteiger charge is -2.22. The van der Waals surface area contributed by atoms with Crippen LogP contribution in [0.25, 0.3) is 5.52 Å². The van der Waals surface area contributed by atoms with Gasteiger partial charge in [-0.1, -0.05) is 6.07 Å². The van der Waals surface area contributed by atoms with Crippen LogP contribution in [0.5, 0.6) is 0 Å². The van der Waals surface area contributed by atoms with Crippen LogP contribution in [0, 0.1) is 0 Å². The highest BCUT2D eigenvalue weighted by atomic mass is 19.1. The highest BCUT2D eigenvalue weighted by Crippen LogP contribution is 2.15. The minimum Gasteiger partial charge on any atom is -0.374 e. The van der Waals surface area contributed by atoms with Gasteiger partial charge < -0.3 is 14.0 Å². The quantitative estimate of drug-likeness (QED) is 0.842. The maximum absolute atomic E-state index is 12.8. The van der Waals surface area contributed by atoms with Gasteiger partial charge in [-0.15, -0.1) is 0 Å². The molecule has 1 amide bonds. The van der Waals surface area contributed by atoms with E-state index < -0.39 is 12.8 Å². The largest absolute Gasteiger partial charge is 0.374 e. The van der Waals surface area contributed by atoms with Crippen molar-refractivity contribution in [1.29, 1.82) is 0 Å². The van der Waals surface area contributed by atoms with Crippen LogP contribution in [-0.2, 0) is 4.74 Å². The average Bonchev–Trinajstić information content (AvgIpc) is 2.76. The maximum Gasteiger partial charge on any atom is 0.255 e. The molecule has 1 saturated heterocycles. The molecule has 5 heteroatoms. The number of ether oxygens (including phenoxy) is 1. The van der Waals surface area contributed by atoms with Crippen LogP contribution < -0.4 is 0 Å². The Labute approximate surface area is 116 Å². The van der Waals surface area contributed by atoms with Crippen LogP contribution in [0.4, 0.5) is 4.39 Å². The number of hydrogen-bond acceptors (Lipinski definition) is 2. The van der Waals surface area contributed by atoms with Crippen molar-refractivity contribution in [3.63, 3.8) is 0 Å². The van der Waals surface area contributed by atoms with Crippen molar-refractivity contribution in [2.75, 3.05) is 26.4 Å². The summed E-state index contributed by atoms with van der Waals surface area (Å²) in [5, 5.41) is 0. The number of pyridine rings is 1. The molecular formula is C15H17FN2O2. The number of nitrogens with zero attached hydrogens (tertiary/aromatic N) is 2. The Morgan fingerprint density at radius 2 is 2.35 bits per heavy atom. The summed E-state index contributed by atoms with van der Waals surface area (Å²) in [4.78, 5) is 14.2. The van der Waals surface area contributed by atoms with Crippen LogP contribution in [0.3, 0.4) is 0 Å². The molecule has 0 aromatic carbocycles. The minimum absolute atomic E-state index is 0.0577. The van der Waals surface area contributed by atoms with Crippen molar-refractivity contribution in [2.45, 2.75) is 12.5 Å². The Bertz CT molecular complexity index is 578. The zero-order valence-corrected chi connectivity index (χ0v) is 11.2. The molecule has 1 fully saturated rings. The lowest BCUT2D eigenvalue weighted by atomic mass is 10.2. The van der Waals surface area contributed by atoms with E-state index in [-0.39, 0.29) is 5.91 Å². The fourth-order valence-corrected chi connectivity index (χ4v) is 2.53. The minimum atomic E-state index is -0.554. The molecule has 1 unspecified atom stereocenters. The molecule has 1 aliphatic rings. The Hall–Kier alpha value is -1.88. The van der Waals surface area contributed by atoms with E-state index >= 15 is 0 Å². The summed E-state index contributed by atoms with van der Waals surface area (Å²) in [6.07, 6.45) is 3.96.